The summed E-state index contributed by atoms with van der Waals surface area (Å²) in [7, 11) is 6.64. The summed E-state index contributed by atoms with van der Waals surface area (Å²) in [6, 6.07) is 0.444. The van der Waals surface area contributed by atoms with E-state index in [1.165, 1.54) is 4.90 Å². The molecule has 0 heterocycles. The van der Waals surface area contributed by atoms with Crippen LogP contribution in [0, 0.1) is 11.8 Å². The summed E-state index contributed by atoms with van der Waals surface area (Å²) in [5.74, 6) is -6.95. The number of Topliss-reactive ketones (excluding diaryl/α,β-unsaturated/α-hetero) is 2. The first-order valence-electron chi connectivity index (χ1n) is 10.7. The summed E-state index contributed by atoms with van der Waals surface area (Å²) >= 11 is 0. The topological polar surface area (TPSA) is 191 Å². The molecule has 0 bridgehead atoms. The Morgan fingerprint density at radius 3 is 2.29 bits per heavy atom. The highest BCUT2D eigenvalue weighted by molar-refractivity contribution is 6.24. The number of carbonyl (C=O) groups is 3. The van der Waals surface area contributed by atoms with Gasteiger partial charge in [-0.25, -0.2) is 0 Å². The van der Waals surface area contributed by atoms with E-state index in [4.69, 9.17) is 11.5 Å². The van der Waals surface area contributed by atoms with Gasteiger partial charge in [0, 0.05) is 31.3 Å². The molecule has 1 aromatic rings. The number of anilines is 2. The maximum absolute atomic E-state index is 13.7. The first kappa shape index (κ1) is 23.6. The molecule has 1 aromatic carbocycles. The van der Waals surface area contributed by atoms with E-state index in [2.05, 4.69) is 0 Å². The Morgan fingerprint density at radius 1 is 1.15 bits per heavy atom. The summed E-state index contributed by atoms with van der Waals surface area (Å²) in [5, 5.41) is 44.2. The summed E-state index contributed by atoms with van der Waals surface area (Å²) in [4.78, 5) is 42.0. The molecule has 3 aliphatic carbocycles. The molecule has 182 valence electrons. The van der Waals surface area contributed by atoms with Crippen LogP contribution in [0.1, 0.15) is 17.5 Å². The number of nitrogen functional groups attached to an aromatic ring is 1. The standard InChI is InChI=1S/C23H28N4O7/c1-26(2)12-7-11(24)17(28)14-9(12)5-8-6-10-16(27(3)4)19(30)15(22(25)33)21(32)23(10,34)20(31)13(8)18(14)29/h7-8,10,16,28-29,32,34H,5-6,24H2,1-4H3,(H2,25,33)/t8?,10?,16-,23?/m0/s1. The number of amides is 1. The number of ketones is 2. The zero-order valence-corrected chi connectivity index (χ0v) is 19.3. The van der Waals surface area contributed by atoms with E-state index in [9.17, 15) is 34.8 Å². The molecule has 34 heavy (non-hydrogen) atoms. The Balaban J connectivity index is 2.01. The molecule has 1 fully saturated rings. The van der Waals surface area contributed by atoms with Crippen LogP contribution in [0.25, 0.3) is 5.76 Å². The molecular formula is C23H28N4O7. The number of aliphatic hydroxyl groups excluding tert-OH is 2. The van der Waals surface area contributed by atoms with Gasteiger partial charge in [-0.15, -0.1) is 0 Å². The van der Waals surface area contributed by atoms with Crippen LogP contribution < -0.4 is 16.4 Å². The minimum absolute atomic E-state index is 0.0115. The maximum Gasteiger partial charge on any atom is 0.255 e. The highest BCUT2D eigenvalue weighted by atomic mass is 16.3. The number of hydrogen-bond acceptors (Lipinski definition) is 10. The number of nitrogens with zero attached hydrogens (tertiary/aromatic N) is 2. The number of primary amides is 1. The van der Waals surface area contributed by atoms with Crippen LogP contribution in [-0.2, 0) is 20.8 Å². The monoisotopic (exact) mass is 472 g/mol. The molecule has 0 spiro atoms. The predicted octanol–water partition coefficient (Wildman–Crippen LogP) is -0.388. The van der Waals surface area contributed by atoms with Crippen LogP contribution in [0.3, 0.4) is 0 Å². The lowest BCUT2D eigenvalue weighted by atomic mass is 9.57. The highest BCUT2D eigenvalue weighted by Crippen LogP contribution is 2.54. The fraction of sp³-hybridized carbons (Fsp3) is 0.435. The smallest absolute Gasteiger partial charge is 0.255 e. The molecule has 0 aliphatic heterocycles. The van der Waals surface area contributed by atoms with Gasteiger partial charge in [-0.3, -0.25) is 19.3 Å². The molecule has 4 rings (SSSR count). The number of aliphatic hydroxyl groups is 3. The Bertz CT molecular complexity index is 1220. The number of phenols is 1. The molecule has 0 saturated heterocycles. The molecule has 11 heteroatoms. The van der Waals surface area contributed by atoms with Gasteiger partial charge in [-0.2, -0.15) is 0 Å². The quantitative estimate of drug-likeness (QED) is 0.192. The van der Waals surface area contributed by atoms with E-state index < -0.39 is 63.8 Å². The van der Waals surface area contributed by atoms with Crippen LogP contribution in [0.5, 0.6) is 5.75 Å². The summed E-state index contributed by atoms with van der Waals surface area (Å²) in [6.45, 7) is 0. The molecule has 0 aromatic heterocycles. The second-order valence-corrected chi connectivity index (χ2v) is 9.54. The van der Waals surface area contributed by atoms with E-state index in [-0.39, 0.29) is 29.7 Å². The Labute approximate surface area is 195 Å². The molecule has 8 N–H and O–H groups in total. The van der Waals surface area contributed by atoms with Crippen molar-refractivity contribution in [2.45, 2.75) is 24.5 Å². The molecule has 1 saturated carbocycles. The zero-order chi connectivity index (χ0) is 25.4. The van der Waals surface area contributed by atoms with Crippen molar-refractivity contribution in [3.05, 3.63) is 34.1 Å². The largest absolute Gasteiger partial charge is 0.508 e. The number of hydrogen-bond donors (Lipinski definition) is 6. The molecular weight excluding hydrogens is 444 g/mol. The first-order valence-corrected chi connectivity index (χ1v) is 10.7. The van der Waals surface area contributed by atoms with Gasteiger partial charge >= 0.3 is 0 Å². The SMILES string of the molecule is CN(C)c1cc(N)c(O)c2c1CC1CC3[C@H](N(C)C)C(=O)C(C(N)=O)=C(O)C3(O)C(=O)C1=C2O. The van der Waals surface area contributed by atoms with Gasteiger partial charge in [0.15, 0.2) is 11.4 Å². The molecule has 0 radical (unpaired) electrons. The summed E-state index contributed by atoms with van der Waals surface area (Å²) < 4.78 is 0. The zero-order valence-electron chi connectivity index (χ0n) is 19.3. The number of fused-ring (bicyclic) bond motifs is 3. The van der Waals surface area contributed by atoms with E-state index in [1.54, 1.807) is 39.2 Å². The van der Waals surface area contributed by atoms with Crippen LogP contribution in [0.4, 0.5) is 11.4 Å². The second kappa shape index (κ2) is 7.47. The molecule has 1 amide bonds. The van der Waals surface area contributed by atoms with Crippen molar-refractivity contribution in [1.29, 1.82) is 0 Å². The number of likely N-dealkylation sites (N-methyl/N-ethyl adjacent to an activating group) is 1. The van der Waals surface area contributed by atoms with E-state index in [1.807, 2.05) is 0 Å². The second-order valence-electron chi connectivity index (χ2n) is 9.54. The lowest BCUT2D eigenvalue weighted by Gasteiger charge is -2.50. The van der Waals surface area contributed by atoms with Crippen molar-refractivity contribution in [3.8, 4) is 5.75 Å². The average molecular weight is 472 g/mol. The van der Waals surface area contributed by atoms with E-state index in [0.29, 0.717) is 11.3 Å². The lowest BCUT2D eigenvalue weighted by molar-refractivity contribution is -0.153. The van der Waals surface area contributed by atoms with Crippen molar-refractivity contribution in [1.82, 2.24) is 4.90 Å². The van der Waals surface area contributed by atoms with Crippen LogP contribution >= 0.6 is 0 Å². The maximum atomic E-state index is 13.7. The molecule has 4 atom stereocenters. The third-order valence-electron chi connectivity index (χ3n) is 7.21. The van der Waals surface area contributed by atoms with Crippen molar-refractivity contribution < 1.29 is 34.8 Å². The highest BCUT2D eigenvalue weighted by Gasteiger charge is 2.64. The van der Waals surface area contributed by atoms with Crippen molar-refractivity contribution in [3.63, 3.8) is 0 Å². The predicted molar refractivity (Wildman–Crippen MR) is 123 cm³/mol. The van der Waals surface area contributed by atoms with Gasteiger partial charge in [-0.05, 0) is 44.5 Å². The van der Waals surface area contributed by atoms with Crippen LogP contribution in [-0.4, -0.2) is 82.6 Å². The van der Waals surface area contributed by atoms with Crippen LogP contribution in [0.15, 0.2) is 23.0 Å². The van der Waals surface area contributed by atoms with Crippen molar-refractivity contribution >= 4 is 34.6 Å². The third kappa shape index (κ3) is 2.86. The van der Waals surface area contributed by atoms with Gasteiger partial charge < -0.3 is 36.8 Å². The fourth-order valence-corrected chi connectivity index (χ4v) is 5.71. The minimum Gasteiger partial charge on any atom is -0.508 e. The van der Waals surface area contributed by atoms with E-state index >= 15 is 0 Å². The minimum atomic E-state index is -2.66. The van der Waals surface area contributed by atoms with E-state index in [0.717, 1.165) is 0 Å². The van der Waals surface area contributed by atoms with Gasteiger partial charge in [0.05, 0.1) is 17.3 Å². The Hall–Kier alpha value is -3.57. The molecule has 11 nitrogen and oxygen atoms in total. The normalized spacial score (nSPS) is 28.6. The number of aromatic hydroxyl groups is 1. The average Bonchev–Trinajstić information content (AvgIpc) is 2.72. The lowest BCUT2D eigenvalue weighted by Crippen LogP contribution is -2.65. The van der Waals surface area contributed by atoms with Crippen LogP contribution in [0.2, 0.25) is 0 Å². The van der Waals surface area contributed by atoms with Gasteiger partial charge in [0.2, 0.25) is 5.78 Å². The molecule has 3 aliphatic rings. The summed E-state index contributed by atoms with van der Waals surface area (Å²) in [6.07, 6.45) is 0.236. The van der Waals surface area contributed by atoms with Gasteiger partial charge in [0.25, 0.3) is 5.91 Å². The number of nitrogens with two attached hydrogens (primary N) is 2. The number of benzene rings is 1. The molecule has 3 unspecified atom stereocenters. The third-order valence-corrected chi connectivity index (χ3v) is 7.21. The fourth-order valence-electron chi connectivity index (χ4n) is 5.71. The number of phenolic OH excluding ortho intramolecular Hbond substituents is 1. The van der Waals surface area contributed by atoms with Crippen molar-refractivity contribution in [2.75, 3.05) is 38.8 Å². The van der Waals surface area contributed by atoms with Crippen molar-refractivity contribution in [2.24, 2.45) is 17.6 Å². The van der Waals surface area contributed by atoms with Gasteiger partial charge in [0.1, 0.15) is 22.8 Å². The Kier molecular flexibility index (Phi) is 5.18. The van der Waals surface area contributed by atoms with Gasteiger partial charge in [-0.1, -0.05) is 0 Å². The number of rotatable bonds is 3. The summed E-state index contributed by atoms with van der Waals surface area (Å²) in [5.41, 5.74) is 8.68. The number of carbonyl (C=O) groups excluding carboxylic acids is 3. The Morgan fingerprint density at radius 2 is 1.76 bits per heavy atom. The first-order chi connectivity index (χ1) is 15.7.